The molecule has 14 heteroatoms. The summed E-state index contributed by atoms with van der Waals surface area (Å²) in [6.07, 6.45) is 29.0. The van der Waals surface area contributed by atoms with E-state index in [2.05, 4.69) is 43.5 Å². The number of carbonyl (C=O) groups is 1. The molecule has 2 aliphatic heterocycles. The number of hydrogen-bond donors (Lipinski definition) is 9. The van der Waals surface area contributed by atoms with Crippen LogP contribution in [-0.4, -0.2) is 140 Å². The van der Waals surface area contributed by atoms with Crippen LogP contribution in [0.3, 0.4) is 0 Å². The van der Waals surface area contributed by atoms with Crippen LogP contribution in [-0.2, 0) is 23.7 Å². The van der Waals surface area contributed by atoms with E-state index >= 15 is 0 Å². The summed E-state index contributed by atoms with van der Waals surface area (Å²) in [5, 5.41) is 86.8. The molecular formula is C53H97NO13. The molecule has 0 aromatic heterocycles. The third-order valence-corrected chi connectivity index (χ3v) is 13.1. The van der Waals surface area contributed by atoms with Crippen LogP contribution in [0.5, 0.6) is 0 Å². The predicted molar refractivity (Wildman–Crippen MR) is 263 cm³/mol. The van der Waals surface area contributed by atoms with E-state index < -0.39 is 86.8 Å². The summed E-state index contributed by atoms with van der Waals surface area (Å²) >= 11 is 0. The van der Waals surface area contributed by atoms with Crippen molar-refractivity contribution < 1.29 is 64.6 Å². The van der Waals surface area contributed by atoms with Crippen LogP contribution in [0, 0.1) is 0 Å². The molecule has 0 aromatic carbocycles. The number of aliphatic hydroxyl groups is 8. The lowest BCUT2D eigenvalue weighted by molar-refractivity contribution is -0.359. The van der Waals surface area contributed by atoms with Crippen molar-refractivity contribution >= 4 is 5.91 Å². The first-order valence-electron chi connectivity index (χ1n) is 26.7. The Morgan fingerprint density at radius 2 is 0.955 bits per heavy atom. The fourth-order valence-corrected chi connectivity index (χ4v) is 8.68. The SMILES string of the molecule is CCCCCC/C=C/CC/C=C/CC/C=C/C(O)C(COC1OC(CO)C(OC2OC(CO)C(O)C(O)C2O)C(O)C1O)NC(=O)CCCCCCCCCCCCCCCCCCCCC. The van der Waals surface area contributed by atoms with E-state index in [-0.39, 0.29) is 18.9 Å². The zero-order chi connectivity index (χ0) is 48.9. The lowest BCUT2D eigenvalue weighted by Crippen LogP contribution is -2.65. The van der Waals surface area contributed by atoms with Crippen LogP contribution in [0.4, 0.5) is 0 Å². The van der Waals surface area contributed by atoms with Gasteiger partial charge < -0.3 is 65.1 Å². The number of hydrogen-bond acceptors (Lipinski definition) is 13. The summed E-state index contributed by atoms with van der Waals surface area (Å²) in [4.78, 5) is 13.2. The first-order valence-corrected chi connectivity index (χ1v) is 26.7. The average Bonchev–Trinajstić information content (AvgIpc) is 3.32. The van der Waals surface area contributed by atoms with Crippen LogP contribution in [0.15, 0.2) is 36.5 Å². The number of rotatable bonds is 41. The third kappa shape index (κ3) is 26.8. The maximum atomic E-state index is 13.2. The van der Waals surface area contributed by atoms with Crippen molar-refractivity contribution in [2.24, 2.45) is 0 Å². The monoisotopic (exact) mass is 956 g/mol. The molecule has 12 unspecified atom stereocenters. The van der Waals surface area contributed by atoms with Crippen molar-refractivity contribution in [3.63, 3.8) is 0 Å². The second-order valence-electron chi connectivity index (χ2n) is 19.0. The van der Waals surface area contributed by atoms with Gasteiger partial charge in [-0.2, -0.15) is 0 Å². The van der Waals surface area contributed by atoms with Crippen molar-refractivity contribution in [2.45, 2.75) is 274 Å². The van der Waals surface area contributed by atoms with Gasteiger partial charge in [-0.05, 0) is 44.9 Å². The van der Waals surface area contributed by atoms with E-state index in [1.807, 2.05) is 6.08 Å². The average molecular weight is 956 g/mol. The topological polar surface area (TPSA) is 228 Å². The van der Waals surface area contributed by atoms with Gasteiger partial charge in [0.1, 0.15) is 48.8 Å². The molecule has 392 valence electrons. The molecule has 12 atom stereocenters. The summed E-state index contributed by atoms with van der Waals surface area (Å²) < 4.78 is 22.7. The highest BCUT2D eigenvalue weighted by Crippen LogP contribution is 2.30. The van der Waals surface area contributed by atoms with Crippen LogP contribution >= 0.6 is 0 Å². The molecule has 0 bridgehead atoms. The van der Waals surface area contributed by atoms with E-state index in [9.17, 15) is 45.6 Å². The minimum atomic E-state index is -1.79. The summed E-state index contributed by atoms with van der Waals surface area (Å²) in [6, 6.07) is -0.933. The third-order valence-electron chi connectivity index (χ3n) is 13.1. The Kier molecular flexibility index (Phi) is 36.5. The largest absolute Gasteiger partial charge is 0.394 e. The van der Waals surface area contributed by atoms with Crippen LogP contribution in [0.1, 0.15) is 200 Å². The number of carbonyl (C=O) groups excluding carboxylic acids is 1. The highest BCUT2D eigenvalue weighted by atomic mass is 16.7. The van der Waals surface area contributed by atoms with Crippen molar-refractivity contribution in [2.75, 3.05) is 19.8 Å². The smallest absolute Gasteiger partial charge is 0.220 e. The summed E-state index contributed by atoms with van der Waals surface area (Å²) in [6.45, 7) is 2.74. The fourth-order valence-electron chi connectivity index (χ4n) is 8.68. The minimum absolute atomic E-state index is 0.252. The van der Waals surface area contributed by atoms with E-state index in [0.29, 0.717) is 12.8 Å². The van der Waals surface area contributed by atoms with Crippen molar-refractivity contribution in [1.29, 1.82) is 0 Å². The molecule has 14 nitrogen and oxygen atoms in total. The van der Waals surface area contributed by atoms with Gasteiger partial charge in [0.2, 0.25) is 5.91 Å². The molecular weight excluding hydrogens is 859 g/mol. The second-order valence-corrected chi connectivity index (χ2v) is 19.0. The van der Waals surface area contributed by atoms with E-state index in [1.165, 1.54) is 122 Å². The summed E-state index contributed by atoms with van der Waals surface area (Å²) in [5.41, 5.74) is 0. The predicted octanol–water partition coefficient (Wildman–Crippen LogP) is 7.49. The van der Waals surface area contributed by atoms with E-state index in [0.717, 1.165) is 44.9 Å². The van der Waals surface area contributed by atoms with Gasteiger partial charge in [0.15, 0.2) is 12.6 Å². The van der Waals surface area contributed by atoms with E-state index in [4.69, 9.17) is 18.9 Å². The zero-order valence-electron chi connectivity index (χ0n) is 41.6. The molecule has 2 heterocycles. The van der Waals surface area contributed by atoms with Gasteiger partial charge in [0, 0.05) is 6.42 Å². The first-order chi connectivity index (χ1) is 32.6. The van der Waals surface area contributed by atoms with Crippen molar-refractivity contribution in [1.82, 2.24) is 5.32 Å². The Hall–Kier alpha value is -1.79. The molecule has 0 aliphatic carbocycles. The molecule has 2 saturated heterocycles. The van der Waals surface area contributed by atoms with Crippen LogP contribution in [0.2, 0.25) is 0 Å². The van der Waals surface area contributed by atoms with Gasteiger partial charge in [-0.3, -0.25) is 4.79 Å². The molecule has 9 N–H and O–H groups in total. The van der Waals surface area contributed by atoms with Crippen LogP contribution < -0.4 is 5.32 Å². The summed E-state index contributed by atoms with van der Waals surface area (Å²) in [5.74, 6) is -0.252. The van der Waals surface area contributed by atoms with E-state index in [1.54, 1.807) is 6.08 Å². The van der Waals surface area contributed by atoms with Gasteiger partial charge in [0.25, 0.3) is 0 Å². The molecule has 2 rings (SSSR count). The lowest BCUT2D eigenvalue weighted by Gasteiger charge is -2.46. The van der Waals surface area contributed by atoms with Crippen molar-refractivity contribution in [3.05, 3.63) is 36.5 Å². The van der Waals surface area contributed by atoms with Gasteiger partial charge >= 0.3 is 0 Å². The minimum Gasteiger partial charge on any atom is -0.394 e. The number of ether oxygens (including phenoxy) is 4. The van der Waals surface area contributed by atoms with Gasteiger partial charge in [0.05, 0.1) is 32.0 Å². The number of allylic oxidation sites excluding steroid dienone is 5. The molecule has 2 fully saturated rings. The maximum Gasteiger partial charge on any atom is 0.220 e. The molecule has 67 heavy (non-hydrogen) atoms. The molecule has 2 aliphatic rings. The second kappa shape index (κ2) is 39.9. The number of unbranched alkanes of at least 4 members (excludes halogenated alkanes) is 24. The number of aliphatic hydroxyl groups excluding tert-OH is 8. The highest BCUT2D eigenvalue weighted by molar-refractivity contribution is 5.76. The van der Waals surface area contributed by atoms with Gasteiger partial charge in [-0.1, -0.05) is 185 Å². The van der Waals surface area contributed by atoms with Gasteiger partial charge in [-0.15, -0.1) is 0 Å². The molecule has 1 amide bonds. The molecule has 0 saturated carbocycles. The molecule has 0 radical (unpaired) electrons. The lowest BCUT2D eigenvalue weighted by atomic mass is 9.97. The maximum absolute atomic E-state index is 13.2. The first kappa shape index (κ1) is 61.3. The quantitative estimate of drug-likeness (QED) is 0.0214. The number of nitrogens with one attached hydrogen (secondary N) is 1. The van der Waals surface area contributed by atoms with Crippen molar-refractivity contribution in [3.8, 4) is 0 Å². The fraction of sp³-hybridized carbons (Fsp3) is 0.868. The normalized spacial score (nSPS) is 26.8. The van der Waals surface area contributed by atoms with Crippen LogP contribution in [0.25, 0.3) is 0 Å². The molecule has 0 spiro atoms. The standard InChI is InChI=1S/C53H97NO13/c1-3-5-7-9-11-13-15-17-19-20-21-22-23-25-27-29-31-33-35-37-45(58)54-41(42(57)36-34-32-30-28-26-24-18-16-14-12-10-8-6-4-2)40-64-52-50(63)48(61)51(44(39-56)66-52)67-53-49(62)47(60)46(59)43(38-55)65-53/h14,16,26,28,34,36,41-44,46-53,55-57,59-63H,3-13,15,17-25,27,29-33,35,37-40H2,1-2H3,(H,54,58)/b16-14+,28-26+,36-34+. The molecule has 0 aromatic rings. The Bertz CT molecular complexity index is 1270. The highest BCUT2D eigenvalue weighted by Gasteiger charge is 2.51. The summed E-state index contributed by atoms with van der Waals surface area (Å²) in [7, 11) is 0. The zero-order valence-corrected chi connectivity index (χ0v) is 41.6. The Labute approximate surface area is 404 Å². The van der Waals surface area contributed by atoms with Gasteiger partial charge in [-0.25, -0.2) is 0 Å². The Morgan fingerprint density at radius 3 is 1.46 bits per heavy atom. The number of amides is 1. The Balaban J connectivity index is 1.83. The Morgan fingerprint density at radius 1 is 0.522 bits per heavy atom.